The van der Waals surface area contributed by atoms with Crippen LogP contribution in [-0.2, 0) is 18.8 Å². The van der Waals surface area contributed by atoms with E-state index in [9.17, 15) is 9.59 Å². The number of amides is 2. The van der Waals surface area contributed by atoms with E-state index in [-0.39, 0.29) is 18.0 Å². The van der Waals surface area contributed by atoms with Gasteiger partial charge in [0.15, 0.2) is 0 Å². The Hall–Kier alpha value is -2.40. The molecule has 0 aromatic carbocycles. The fourth-order valence-corrected chi connectivity index (χ4v) is 4.17. The van der Waals surface area contributed by atoms with Crippen LogP contribution in [0, 0.1) is 0 Å². The molecule has 0 aliphatic carbocycles. The zero-order valence-corrected chi connectivity index (χ0v) is 22.9. The lowest BCUT2D eigenvalue weighted by molar-refractivity contribution is -0.137. The largest absolute Gasteiger partial charge is 0.498 e. The average molecular weight is 504 g/mol. The highest BCUT2D eigenvalue weighted by Crippen LogP contribution is 2.36. The summed E-state index contributed by atoms with van der Waals surface area (Å²) < 4.78 is 23.1. The summed E-state index contributed by atoms with van der Waals surface area (Å²) in [4.78, 5) is 35.6. The second-order valence-corrected chi connectivity index (χ2v) is 11.6. The molecule has 2 saturated heterocycles. The Bertz CT molecular complexity index is 902. The minimum Gasteiger partial charge on any atom is -0.463 e. The maximum atomic E-state index is 13.1. The fraction of sp³-hybridized carbons (Fsp3) is 0.760. The monoisotopic (exact) mass is 504 g/mol. The van der Waals surface area contributed by atoms with E-state index in [1.807, 2.05) is 32.6 Å². The number of rotatable bonds is 7. The van der Waals surface area contributed by atoms with E-state index in [0.717, 1.165) is 24.7 Å². The zero-order chi connectivity index (χ0) is 26.7. The minimum atomic E-state index is -0.674. The number of carbonyl (C=O) groups is 2. The van der Waals surface area contributed by atoms with Gasteiger partial charge < -0.3 is 29.0 Å². The molecular formula is C25H41BN4O6. The van der Waals surface area contributed by atoms with Gasteiger partial charge in [-0.1, -0.05) is 0 Å². The standard InChI is InChI=1S/C25H41BN4O6/c1-17(29-22(32)34-23(2,3)4)20(31)30-13-10-9-11-19(30)12-14-33-21-27-15-18(16-28-21)26-35-24(5,6)25(7,8)36-26/h15-17,19H,9-14H2,1-8H3,(H,29,32)/t17-,19-/m0/s1. The molecule has 10 nitrogen and oxygen atoms in total. The molecule has 11 heteroatoms. The Labute approximate surface area is 215 Å². The van der Waals surface area contributed by atoms with Gasteiger partial charge in [0, 0.05) is 36.9 Å². The summed E-state index contributed by atoms with van der Waals surface area (Å²) in [6, 6.07) is -0.380. The lowest BCUT2D eigenvalue weighted by Crippen LogP contribution is -2.53. The normalized spacial score (nSPS) is 22.2. The van der Waals surface area contributed by atoms with Crippen molar-refractivity contribution >= 4 is 24.6 Å². The Morgan fingerprint density at radius 3 is 2.36 bits per heavy atom. The van der Waals surface area contributed by atoms with Crippen LogP contribution in [0.1, 0.15) is 81.1 Å². The minimum absolute atomic E-state index is 0.0261. The average Bonchev–Trinajstić information content (AvgIpc) is 2.99. The summed E-state index contributed by atoms with van der Waals surface area (Å²) in [5.41, 5.74) is -0.759. The molecule has 2 fully saturated rings. The second-order valence-electron chi connectivity index (χ2n) is 11.6. The first kappa shape index (κ1) is 28.2. The quantitative estimate of drug-likeness (QED) is 0.565. The molecule has 3 rings (SSSR count). The lowest BCUT2D eigenvalue weighted by atomic mass is 9.81. The lowest BCUT2D eigenvalue weighted by Gasteiger charge is -2.37. The molecule has 2 aliphatic heterocycles. The van der Waals surface area contributed by atoms with E-state index < -0.39 is 36.1 Å². The molecule has 36 heavy (non-hydrogen) atoms. The van der Waals surface area contributed by atoms with Gasteiger partial charge in [0.05, 0.1) is 17.8 Å². The Morgan fingerprint density at radius 1 is 1.17 bits per heavy atom. The molecule has 0 radical (unpaired) electrons. The van der Waals surface area contributed by atoms with Crippen molar-refractivity contribution in [2.75, 3.05) is 13.2 Å². The molecular weight excluding hydrogens is 463 g/mol. The van der Waals surface area contributed by atoms with E-state index in [1.165, 1.54) is 0 Å². The van der Waals surface area contributed by atoms with Crippen LogP contribution in [0.5, 0.6) is 6.01 Å². The van der Waals surface area contributed by atoms with Crippen LogP contribution in [0.4, 0.5) is 4.79 Å². The van der Waals surface area contributed by atoms with Crippen LogP contribution >= 0.6 is 0 Å². The highest BCUT2D eigenvalue weighted by Gasteiger charge is 2.52. The van der Waals surface area contributed by atoms with Crippen LogP contribution in [0.25, 0.3) is 0 Å². The van der Waals surface area contributed by atoms with Crippen molar-refractivity contribution in [3.8, 4) is 6.01 Å². The number of hydrogen-bond donors (Lipinski definition) is 1. The third-order valence-corrected chi connectivity index (χ3v) is 6.87. The summed E-state index contributed by atoms with van der Waals surface area (Å²) in [7, 11) is -0.526. The number of carbonyl (C=O) groups excluding carboxylic acids is 2. The highest BCUT2D eigenvalue weighted by atomic mass is 16.7. The molecule has 0 saturated carbocycles. The first-order chi connectivity index (χ1) is 16.7. The molecule has 2 amide bonds. The van der Waals surface area contributed by atoms with Crippen molar-refractivity contribution in [2.24, 2.45) is 0 Å². The first-order valence-electron chi connectivity index (χ1n) is 12.8. The van der Waals surface area contributed by atoms with Crippen molar-refractivity contribution in [3.05, 3.63) is 12.4 Å². The topological polar surface area (TPSA) is 112 Å². The van der Waals surface area contributed by atoms with Gasteiger partial charge in [-0.2, -0.15) is 0 Å². The number of nitrogens with one attached hydrogen (secondary N) is 1. The summed E-state index contributed by atoms with van der Waals surface area (Å²) in [5, 5.41) is 2.65. The van der Waals surface area contributed by atoms with Crippen molar-refractivity contribution in [2.45, 2.75) is 110 Å². The molecule has 200 valence electrons. The van der Waals surface area contributed by atoms with Crippen molar-refractivity contribution in [1.82, 2.24) is 20.2 Å². The molecule has 1 aromatic rings. The van der Waals surface area contributed by atoms with Crippen molar-refractivity contribution in [1.29, 1.82) is 0 Å². The van der Waals surface area contributed by atoms with E-state index in [2.05, 4.69) is 15.3 Å². The van der Waals surface area contributed by atoms with E-state index in [1.54, 1.807) is 40.1 Å². The summed E-state index contributed by atoms with van der Waals surface area (Å²) in [6.45, 7) is 16.1. The van der Waals surface area contributed by atoms with Gasteiger partial charge in [-0.25, -0.2) is 14.8 Å². The molecule has 2 aliphatic rings. The van der Waals surface area contributed by atoms with Crippen LogP contribution in [-0.4, -0.2) is 76.0 Å². The Morgan fingerprint density at radius 2 is 1.78 bits per heavy atom. The zero-order valence-electron chi connectivity index (χ0n) is 22.9. The van der Waals surface area contributed by atoms with Gasteiger partial charge in [-0.3, -0.25) is 4.79 Å². The number of hydrogen-bond acceptors (Lipinski definition) is 8. The summed E-state index contributed by atoms with van der Waals surface area (Å²) in [5.74, 6) is -0.117. The Balaban J connectivity index is 1.50. The number of aromatic nitrogens is 2. The highest BCUT2D eigenvalue weighted by molar-refractivity contribution is 6.61. The van der Waals surface area contributed by atoms with E-state index in [4.69, 9.17) is 18.8 Å². The summed E-state index contributed by atoms with van der Waals surface area (Å²) in [6.07, 6.45) is 6.23. The van der Waals surface area contributed by atoms with Gasteiger partial charge in [0.2, 0.25) is 5.91 Å². The molecule has 0 bridgehead atoms. The number of piperidine rings is 1. The smallest absolute Gasteiger partial charge is 0.463 e. The number of alkyl carbamates (subject to hydrolysis) is 1. The molecule has 2 atom stereocenters. The third kappa shape index (κ3) is 7.09. The fourth-order valence-electron chi connectivity index (χ4n) is 4.17. The van der Waals surface area contributed by atoms with E-state index in [0.29, 0.717) is 19.6 Å². The first-order valence-corrected chi connectivity index (χ1v) is 12.8. The van der Waals surface area contributed by atoms with Crippen LogP contribution < -0.4 is 15.5 Å². The maximum Gasteiger partial charge on any atom is 0.498 e. The molecule has 0 spiro atoms. The maximum absolute atomic E-state index is 13.1. The van der Waals surface area contributed by atoms with Crippen LogP contribution in [0.15, 0.2) is 12.4 Å². The molecule has 3 heterocycles. The van der Waals surface area contributed by atoms with Crippen LogP contribution in [0.3, 0.4) is 0 Å². The van der Waals surface area contributed by atoms with E-state index >= 15 is 0 Å². The second kappa shape index (κ2) is 10.9. The van der Waals surface area contributed by atoms with Gasteiger partial charge in [-0.15, -0.1) is 0 Å². The molecule has 0 unspecified atom stereocenters. The van der Waals surface area contributed by atoms with Crippen LogP contribution in [0.2, 0.25) is 0 Å². The number of likely N-dealkylation sites (tertiary alicyclic amines) is 1. The van der Waals surface area contributed by atoms with Gasteiger partial charge in [0.25, 0.3) is 0 Å². The predicted molar refractivity (Wildman–Crippen MR) is 136 cm³/mol. The molecule has 1 N–H and O–H groups in total. The van der Waals surface area contributed by atoms with Gasteiger partial charge in [0.1, 0.15) is 11.6 Å². The van der Waals surface area contributed by atoms with Crippen molar-refractivity contribution < 1.29 is 28.4 Å². The molecule has 1 aromatic heterocycles. The van der Waals surface area contributed by atoms with Gasteiger partial charge >= 0.3 is 19.2 Å². The SMILES string of the molecule is C[C@H](NC(=O)OC(C)(C)C)C(=O)N1CCCC[C@H]1CCOc1ncc(B2OC(C)(C)C(C)(C)O2)cn1. The summed E-state index contributed by atoms with van der Waals surface area (Å²) >= 11 is 0. The third-order valence-electron chi connectivity index (χ3n) is 6.87. The van der Waals surface area contributed by atoms with Gasteiger partial charge in [-0.05, 0) is 74.7 Å². The Kier molecular flexibility index (Phi) is 8.55. The predicted octanol–water partition coefficient (Wildman–Crippen LogP) is 2.84. The number of nitrogens with zero attached hydrogens (tertiary/aromatic N) is 3. The van der Waals surface area contributed by atoms with Crippen molar-refractivity contribution in [3.63, 3.8) is 0 Å². The number of ether oxygens (including phenoxy) is 2.